The van der Waals surface area contributed by atoms with Crippen molar-refractivity contribution in [3.63, 3.8) is 0 Å². The van der Waals surface area contributed by atoms with Crippen LogP contribution >= 0.6 is 0 Å². The molecule has 84 valence electrons. The van der Waals surface area contributed by atoms with E-state index in [1.807, 2.05) is 6.07 Å². The van der Waals surface area contributed by atoms with E-state index in [4.69, 9.17) is 9.16 Å². The Morgan fingerprint density at radius 2 is 1.67 bits per heavy atom. The Morgan fingerprint density at radius 1 is 1.07 bits per heavy atom. The number of rotatable bonds is 3. The second-order valence-electron chi connectivity index (χ2n) is 4.75. The first kappa shape index (κ1) is 12.1. The molecule has 2 nitrogen and oxygen atoms in total. The minimum absolute atomic E-state index is 0.873. The lowest BCUT2D eigenvalue weighted by atomic mass is 10.1. The molecule has 0 bridgehead atoms. The van der Waals surface area contributed by atoms with E-state index in [2.05, 4.69) is 39.6 Å². The third kappa shape index (κ3) is 2.99. The number of hydrogen-bond donors (Lipinski definition) is 0. The summed E-state index contributed by atoms with van der Waals surface area (Å²) in [6.07, 6.45) is 0. The van der Waals surface area contributed by atoms with E-state index in [1.54, 1.807) is 7.11 Å². The van der Waals surface area contributed by atoms with Gasteiger partial charge in [0.1, 0.15) is 5.75 Å². The quantitative estimate of drug-likeness (QED) is 0.731. The Labute approximate surface area is 93.4 Å². The normalized spacial score (nSPS) is 11.3. The zero-order valence-corrected chi connectivity index (χ0v) is 11.5. The van der Waals surface area contributed by atoms with Crippen LogP contribution < -0.4 is 9.16 Å². The van der Waals surface area contributed by atoms with Gasteiger partial charge in [0.15, 0.2) is 5.75 Å². The molecule has 0 N–H and O–H groups in total. The maximum absolute atomic E-state index is 5.97. The minimum Gasteiger partial charge on any atom is -0.542 e. The van der Waals surface area contributed by atoms with Gasteiger partial charge in [-0.1, -0.05) is 6.07 Å². The van der Waals surface area contributed by atoms with Gasteiger partial charge in [0.05, 0.1) is 7.11 Å². The Morgan fingerprint density at radius 3 is 2.13 bits per heavy atom. The molecule has 0 amide bonds. The molecule has 0 aliphatic heterocycles. The Kier molecular flexibility index (Phi) is 3.45. The first-order chi connectivity index (χ1) is 6.85. The maximum Gasteiger partial charge on any atom is 0.242 e. The van der Waals surface area contributed by atoms with Crippen molar-refractivity contribution in [3.8, 4) is 11.5 Å². The summed E-state index contributed by atoms with van der Waals surface area (Å²) in [6, 6.07) is 4.08. The van der Waals surface area contributed by atoms with E-state index >= 15 is 0 Å². The van der Waals surface area contributed by atoms with Crippen LogP contribution in [0.1, 0.15) is 11.1 Å². The molecular weight excluding hydrogens is 204 g/mol. The molecule has 0 aromatic heterocycles. The van der Waals surface area contributed by atoms with Crippen LogP contribution in [0, 0.1) is 13.8 Å². The molecule has 0 unspecified atom stereocenters. The number of benzene rings is 1. The highest BCUT2D eigenvalue weighted by molar-refractivity contribution is 6.70. The van der Waals surface area contributed by atoms with Crippen LogP contribution in [0.5, 0.6) is 11.5 Å². The first-order valence-electron chi connectivity index (χ1n) is 5.18. The Hall–Kier alpha value is -0.963. The van der Waals surface area contributed by atoms with Crippen molar-refractivity contribution in [2.75, 3.05) is 7.11 Å². The van der Waals surface area contributed by atoms with Crippen molar-refractivity contribution in [3.05, 3.63) is 23.3 Å². The molecule has 0 radical (unpaired) electrons. The van der Waals surface area contributed by atoms with Crippen molar-refractivity contribution in [1.82, 2.24) is 0 Å². The molecule has 3 heteroatoms. The molecule has 0 atom stereocenters. The lowest BCUT2D eigenvalue weighted by molar-refractivity contribution is 0.388. The van der Waals surface area contributed by atoms with Crippen molar-refractivity contribution in [2.45, 2.75) is 33.5 Å². The van der Waals surface area contributed by atoms with Gasteiger partial charge >= 0.3 is 0 Å². The molecule has 1 rings (SSSR count). The van der Waals surface area contributed by atoms with Gasteiger partial charge in [0, 0.05) is 0 Å². The van der Waals surface area contributed by atoms with Crippen LogP contribution in [-0.4, -0.2) is 15.4 Å². The summed E-state index contributed by atoms with van der Waals surface area (Å²) in [6.45, 7) is 10.6. The number of aryl methyl sites for hydroxylation is 1. The van der Waals surface area contributed by atoms with Gasteiger partial charge in [-0.15, -0.1) is 0 Å². The van der Waals surface area contributed by atoms with Gasteiger partial charge in [-0.3, -0.25) is 0 Å². The zero-order valence-electron chi connectivity index (χ0n) is 10.5. The molecule has 0 aliphatic carbocycles. The summed E-state index contributed by atoms with van der Waals surface area (Å²) < 4.78 is 11.4. The van der Waals surface area contributed by atoms with Gasteiger partial charge in [-0.05, 0) is 50.7 Å². The van der Waals surface area contributed by atoms with Crippen LogP contribution in [0.3, 0.4) is 0 Å². The molecule has 0 spiro atoms. The smallest absolute Gasteiger partial charge is 0.242 e. The van der Waals surface area contributed by atoms with E-state index in [0.717, 1.165) is 17.1 Å². The van der Waals surface area contributed by atoms with Gasteiger partial charge in [-0.25, -0.2) is 0 Å². The SMILES string of the molecule is COc1c(O[Si](C)(C)C)ccc(C)c1C. The van der Waals surface area contributed by atoms with Crippen molar-refractivity contribution in [2.24, 2.45) is 0 Å². The molecule has 0 saturated heterocycles. The fourth-order valence-corrected chi connectivity index (χ4v) is 2.25. The molecule has 0 fully saturated rings. The highest BCUT2D eigenvalue weighted by Gasteiger charge is 2.19. The topological polar surface area (TPSA) is 18.5 Å². The van der Waals surface area contributed by atoms with E-state index in [1.165, 1.54) is 5.56 Å². The van der Waals surface area contributed by atoms with Gasteiger partial charge in [-0.2, -0.15) is 0 Å². The molecule has 0 aliphatic rings. The van der Waals surface area contributed by atoms with Gasteiger partial charge in [0.2, 0.25) is 8.32 Å². The zero-order chi connectivity index (χ0) is 11.6. The lowest BCUT2D eigenvalue weighted by Crippen LogP contribution is -2.29. The molecular formula is C12H20O2Si. The molecule has 1 aromatic rings. The second kappa shape index (κ2) is 4.27. The van der Waals surface area contributed by atoms with Crippen LogP contribution in [0.15, 0.2) is 12.1 Å². The predicted octanol–water partition coefficient (Wildman–Crippen LogP) is 3.53. The molecule has 15 heavy (non-hydrogen) atoms. The summed E-state index contributed by atoms with van der Waals surface area (Å²) in [4.78, 5) is 0. The average Bonchev–Trinajstić information content (AvgIpc) is 2.10. The number of hydrogen-bond acceptors (Lipinski definition) is 2. The van der Waals surface area contributed by atoms with Crippen molar-refractivity contribution < 1.29 is 9.16 Å². The third-order valence-corrected chi connectivity index (χ3v) is 3.09. The number of methoxy groups -OCH3 is 1. The van der Waals surface area contributed by atoms with Crippen LogP contribution in [0.2, 0.25) is 19.6 Å². The standard InChI is InChI=1S/C12H20O2Si/c1-9-7-8-11(14-15(4,5)6)12(13-3)10(9)2/h7-8H,1-6H3. The lowest BCUT2D eigenvalue weighted by Gasteiger charge is -2.22. The Balaban J connectivity index is 3.14. The van der Waals surface area contributed by atoms with Gasteiger partial charge < -0.3 is 9.16 Å². The fourth-order valence-electron chi connectivity index (χ4n) is 1.43. The van der Waals surface area contributed by atoms with Crippen molar-refractivity contribution >= 4 is 8.32 Å². The second-order valence-corrected chi connectivity index (χ2v) is 9.18. The monoisotopic (exact) mass is 224 g/mol. The van der Waals surface area contributed by atoms with E-state index in [-0.39, 0.29) is 0 Å². The van der Waals surface area contributed by atoms with Gasteiger partial charge in [0.25, 0.3) is 0 Å². The molecule has 0 heterocycles. The van der Waals surface area contributed by atoms with E-state index in [9.17, 15) is 0 Å². The summed E-state index contributed by atoms with van der Waals surface area (Å²) in [5.41, 5.74) is 2.39. The van der Waals surface area contributed by atoms with E-state index in [0.29, 0.717) is 0 Å². The average molecular weight is 224 g/mol. The first-order valence-corrected chi connectivity index (χ1v) is 8.59. The molecule has 0 saturated carbocycles. The molecule has 1 aromatic carbocycles. The largest absolute Gasteiger partial charge is 0.542 e. The summed E-state index contributed by atoms with van der Waals surface area (Å²) in [5, 5.41) is 0. The maximum atomic E-state index is 5.97. The fraction of sp³-hybridized carbons (Fsp3) is 0.500. The van der Waals surface area contributed by atoms with Crippen molar-refractivity contribution in [1.29, 1.82) is 0 Å². The highest BCUT2D eigenvalue weighted by atomic mass is 28.4. The highest BCUT2D eigenvalue weighted by Crippen LogP contribution is 2.34. The number of ether oxygens (including phenoxy) is 1. The summed E-state index contributed by atoms with van der Waals surface area (Å²) in [7, 11) is 0.127. The van der Waals surface area contributed by atoms with Crippen LogP contribution in [0.25, 0.3) is 0 Å². The van der Waals surface area contributed by atoms with E-state index < -0.39 is 8.32 Å². The Bertz CT molecular complexity index is 353. The van der Waals surface area contributed by atoms with Crippen LogP contribution in [0.4, 0.5) is 0 Å². The predicted molar refractivity (Wildman–Crippen MR) is 66.4 cm³/mol. The van der Waals surface area contributed by atoms with Crippen LogP contribution in [-0.2, 0) is 0 Å². The summed E-state index contributed by atoms with van der Waals surface area (Å²) >= 11 is 0. The third-order valence-electron chi connectivity index (χ3n) is 2.26. The summed E-state index contributed by atoms with van der Waals surface area (Å²) in [5.74, 6) is 1.75. The minimum atomic E-state index is -1.57.